The smallest absolute Gasteiger partial charge is 0.264 e. The van der Waals surface area contributed by atoms with Gasteiger partial charge in [0, 0.05) is 12.6 Å². The Morgan fingerprint density at radius 2 is 1.66 bits per heavy atom. The summed E-state index contributed by atoms with van der Waals surface area (Å²) in [5, 5.41) is 3.28. The Bertz CT molecular complexity index is 1440. The van der Waals surface area contributed by atoms with Gasteiger partial charge in [-0.3, -0.25) is 13.9 Å². The molecule has 218 valence electrons. The maximum absolute atomic E-state index is 14.1. The fourth-order valence-corrected chi connectivity index (χ4v) is 6.75. The van der Waals surface area contributed by atoms with Gasteiger partial charge in [-0.1, -0.05) is 73.3 Å². The molecule has 0 aliphatic heterocycles. The zero-order chi connectivity index (χ0) is 29.4. The van der Waals surface area contributed by atoms with Gasteiger partial charge in [0.15, 0.2) is 0 Å². The number of halogens is 1. The van der Waals surface area contributed by atoms with Gasteiger partial charge in [-0.05, 0) is 61.7 Å². The number of carbonyl (C=O) groups is 2. The first kappa shape index (κ1) is 30.4. The van der Waals surface area contributed by atoms with Crippen molar-refractivity contribution in [3.8, 4) is 5.75 Å². The Labute approximate surface area is 247 Å². The molecule has 10 heteroatoms. The molecule has 8 nitrogen and oxygen atoms in total. The van der Waals surface area contributed by atoms with Crippen LogP contribution in [0.15, 0.2) is 83.8 Å². The Morgan fingerprint density at radius 1 is 0.976 bits per heavy atom. The van der Waals surface area contributed by atoms with Crippen LogP contribution in [-0.2, 0) is 26.2 Å². The van der Waals surface area contributed by atoms with Gasteiger partial charge < -0.3 is 15.0 Å². The second-order valence-electron chi connectivity index (χ2n) is 10.2. The van der Waals surface area contributed by atoms with Crippen molar-refractivity contribution >= 4 is 39.1 Å². The van der Waals surface area contributed by atoms with E-state index in [1.165, 1.54) is 17.0 Å². The molecule has 1 atom stereocenters. The first-order valence-electron chi connectivity index (χ1n) is 13.8. The number of hydrogen-bond acceptors (Lipinski definition) is 5. The van der Waals surface area contributed by atoms with Crippen LogP contribution in [0.1, 0.15) is 44.6 Å². The van der Waals surface area contributed by atoms with Crippen LogP contribution in [-0.4, -0.2) is 50.9 Å². The lowest BCUT2D eigenvalue weighted by Crippen LogP contribution is -2.53. The van der Waals surface area contributed by atoms with E-state index in [0.717, 1.165) is 42.0 Å². The van der Waals surface area contributed by atoms with E-state index >= 15 is 0 Å². The van der Waals surface area contributed by atoms with Crippen molar-refractivity contribution in [2.45, 2.75) is 62.6 Å². The fourth-order valence-electron chi connectivity index (χ4n) is 5.01. The number of hydrogen-bond donors (Lipinski definition) is 1. The summed E-state index contributed by atoms with van der Waals surface area (Å²) in [5.74, 6) is -0.208. The Hall–Kier alpha value is -3.56. The summed E-state index contributed by atoms with van der Waals surface area (Å²) in [7, 11) is -2.62. The topological polar surface area (TPSA) is 96.0 Å². The monoisotopic (exact) mass is 597 g/mol. The minimum atomic E-state index is -4.18. The van der Waals surface area contributed by atoms with Crippen LogP contribution >= 0.6 is 11.6 Å². The predicted octanol–water partition coefficient (Wildman–Crippen LogP) is 5.41. The summed E-state index contributed by atoms with van der Waals surface area (Å²) in [5.41, 5.74) is 0.914. The van der Waals surface area contributed by atoms with E-state index in [2.05, 4.69) is 5.32 Å². The zero-order valence-corrected chi connectivity index (χ0v) is 24.9. The molecule has 1 saturated carbocycles. The number of rotatable bonds is 11. The van der Waals surface area contributed by atoms with Crippen LogP contribution in [0.5, 0.6) is 5.75 Å². The van der Waals surface area contributed by atoms with Crippen LogP contribution in [0.2, 0.25) is 5.02 Å². The molecule has 0 aromatic heterocycles. The highest BCUT2D eigenvalue weighted by Gasteiger charge is 2.34. The number of carbonyl (C=O) groups excluding carboxylic acids is 2. The average molecular weight is 598 g/mol. The molecule has 1 fully saturated rings. The average Bonchev–Trinajstić information content (AvgIpc) is 2.99. The van der Waals surface area contributed by atoms with Gasteiger partial charge in [-0.2, -0.15) is 0 Å². The first-order valence-corrected chi connectivity index (χ1v) is 15.6. The number of benzene rings is 3. The lowest BCUT2D eigenvalue weighted by atomic mass is 9.95. The molecular formula is C31H36ClN3O5S. The molecule has 3 aromatic rings. The maximum atomic E-state index is 14.1. The first-order chi connectivity index (χ1) is 19.7. The second kappa shape index (κ2) is 13.9. The molecule has 0 heterocycles. The van der Waals surface area contributed by atoms with Crippen molar-refractivity contribution in [1.82, 2.24) is 10.2 Å². The molecule has 41 heavy (non-hydrogen) atoms. The molecule has 2 amide bonds. The van der Waals surface area contributed by atoms with E-state index < -0.39 is 28.5 Å². The van der Waals surface area contributed by atoms with Crippen LogP contribution in [0.4, 0.5) is 5.69 Å². The van der Waals surface area contributed by atoms with E-state index in [0.29, 0.717) is 5.75 Å². The maximum Gasteiger partial charge on any atom is 0.264 e. The predicted molar refractivity (Wildman–Crippen MR) is 160 cm³/mol. The van der Waals surface area contributed by atoms with E-state index in [9.17, 15) is 18.0 Å². The Morgan fingerprint density at radius 3 is 2.34 bits per heavy atom. The fraction of sp³-hybridized carbons (Fsp3) is 0.355. The molecule has 0 radical (unpaired) electrons. The Kier molecular flexibility index (Phi) is 10.3. The number of amides is 2. The summed E-state index contributed by atoms with van der Waals surface area (Å²) < 4.78 is 34.1. The summed E-state index contributed by atoms with van der Waals surface area (Å²) in [6.07, 6.45) is 5.05. The number of methoxy groups -OCH3 is 1. The van der Waals surface area contributed by atoms with E-state index in [1.54, 1.807) is 74.7 Å². The third-order valence-electron chi connectivity index (χ3n) is 7.34. The van der Waals surface area contributed by atoms with Crippen molar-refractivity contribution in [1.29, 1.82) is 0 Å². The third kappa shape index (κ3) is 7.59. The number of sulfonamides is 1. The van der Waals surface area contributed by atoms with Crippen molar-refractivity contribution in [3.63, 3.8) is 0 Å². The van der Waals surface area contributed by atoms with Crippen LogP contribution in [0, 0.1) is 0 Å². The van der Waals surface area contributed by atoms with Gasteiger partial charge in [0.1, 0.15) is 18.3 Å². The molecule has 1 aliphatic carbocycles. The Balaban J connectivity index is 1.68. The number of nitrogens with one attached hydrogen (secondary N) is 1. The lowest BCUT2D eigenvalue weighted by molar-refractivity contribution is -0.139. The van der Waals surface area contributed by atoms with Crippen molar-refractivity contribution < 1.29 is 22.7 Å². The highest BCUT2D eigenvalue weighted by atomic mass is 35.5. The highest BCUT2D eigenvalue weighted by Crippen LogP contribution is 2.31. The molecule has 0 unspecified atom stereocenters. The van der Waals surface area contributed by atoms with Gasteiger partial charge >= 0.3 is 0 Å². The minimum Gasteiger partial charge on any atom is -0.497 e. The van der Waals surface area contributed by atoms with Crippen molar-refractivity contribution in [3.05, 3.63) is 89.4 Å². The van der Waals surface area contributed by atoms with Crippen LogP contribution < -0.4 is 14.4 Å². The SMILES string of the molecule is COc1cccc(CN(C(=O)CN(c2ccccc2Cl)S(=O)(=O)c2ccccc2)[C@H](C)C(=O)NC2CCCCC2)c1. The molecule has 1 N–H and O–H groups in total. The largest absolute Gasteiger partial charge is 0.497 e. The zero-order valence-electron chi connectivity index (χ0n) is 23.3. The number of anilines is 1. The number of nitrogens with zero attached hydrogens (tertiary/aromatic N) is 2. The van der Waals surface area contributed by atoms with Crippen molar-refractivity contribution in [2.24, 2.45) is 0 Å². The molecule has 0 saturated heterocycles. The highest BCUT2D eigenvalue weighted by molar-refractivity contribution is 7.92. The number of ether oxygens (including phenoxy) is 1. The summed E-state index contributed by atoms with van der Waals surface area (Å²) in [6.45, 7) is 1.20. The van der Waals surface area contributed by atoms with Crippen LogP contribution in [0.25, 0.3) is 0 Å². The molecule has 0 spiro atoms. The summed E-state index contributed by atoms with van der Waals surface area (Å²) in [6, 6.07) is 20.8. The normalized spacial score (nSPS) is 14.6. The summed E-state index contributed by atoms with van der Waals surface area (Å²) in [4.78, 5) is 28.9. The molecule has 0 bridgehead atoms. The van der Waals surface area contributed by atoms with E-state index in [-0.39, 0.29) is 34.1 Å². The quantitative estimate of drug-likeness (QED) is 0.319. The molecule has 4 rings (SSSR count). The summed E-state index contributed by atoms with van der Waals surface area (Å²) >= 11 is 6.45. The van der Waals surface area contributed by atoms with E-state index in [4.69, 9.17) is 16.3 Å². The molecular weight excluding hydrogens is 562 g/mol. The van der Waals surface area contributed by atoms with Crippen molar-refractivity contribution in [2.75, 3.05) is 18.0 Å². The molecule has 1 aliphatic rings. The van der Waals surface area contributed by atoms with Gasteiger partial charge in [-0.25, -0.2) is 8.42 Å². The van der Waals surface area contributed by atoms with Gasteiger partial charge in [0.2, 0.25) is 11.8 Å². The molecule has 3 aromatic carbocycles. The minimum absolute atomic E-state index is 0.0233. The van der Waals surface area contributed by atoms with Gasteiger partial charge in [0.25, 0.3) is 10.0 Å². The third-order valence-corrected chi connectivity index (χ3v) is 9.43. The van der Waals surface area contributed by atoms with Crippen LogP contribution in [0.3, 0.4) is 0 Å². The lowest BCUT2D eigenvalue weighted by Gasteiger charge is -2.33. The van der Waals surface area contributed by atoms with Gasteiger partial charge in [0.05, 0.1) is 22.7 Å². The number of para-hydroxylation sites is 1. The van der Waals surface area contributed by atoms with Gasteiger partial charge in [-0.15, -0.1) is 0 Å². The second-order valence-corrected chi connectivity index (χ2v) is 12.4. The standard InChI is InChI=1S/C31H36ClN3O5S/c1-23(31(37)33-25-13-5-3-6-14-25)34(21-24-12-11-15-26(20-24)40-2)30(36)22-35(29-19-10-9-18-28(29)32)41(38,39)27-16-7-4-8-17-27/h4,7-12,15-20,23,25H,3,5-6,13-14,21-22H2,1-2H3,(H,33,37)/t23-/m1/s1. The van der Waals surface area contributed by atoms with E-state index in [1.807, 2.05) is 6.07 Å².